The maximum absolute atomic E-state index is 11.9. The quantitative estimate of drug-likeness (QED) is 0.923. The Labute approximate surface area is 115 Å². The fraction of sp³-hybridized carbons (Fsp3) is 0.357. The van der Waals surface area contributed by atoms with E-state index < -0.39 is 0 Å². The van der Waals surface area contributed by atoms with Crippen molar-refractivity contribution in [1.82, 2.24) is 9.88 Å². The van der Waals surface area contributed by atoms with E-state index in [1.165, 1.54) is 0 Å². The highest BCUT2D eigenvalue weighted by Gasteiger charge is 2.09. The van der Waals surface area contributed by atoms with Gasteiger partial charge in [-0.15, -0.1) is 0 Å². The molecule has 1 N–H and O–H groups in total. The molecular formula is C14H17BrN2O. The van der Waals surface area contributed by atoms with Crippen molar-refractivity contribution in [3.8, 4) is 0 Å². The van der Waals surface area contributed by atoms with Crippen LogP contribution in [0.5, 0.6) is 0 Å². The highest BCUT2D eigenvalue weighted by Crippen LogP contribution is 2.24. The van der Waals surface area contributed by atoms with Gasteiger partial charge in [-0.1, -0.05) is 28.9 Å². The summed E-state index contributed by atoms with van der Waals surface area (Å²) in [5.41, 5.74) is 1.07. The summed E-state index contributed by atoms with van der Waals surface area (Å²) < 4.78 is 3.03. The molecule has 3 nitrogen and oxygen atoms in total. The van der Waals surface area contributed by atoms with E-state index in [4.69, 9.17) is 0 Å². The predicted molar refractivity (Wildman–Crippen MR) is 77.5 cm³/mol. The number of halogens is 1. The van der Waals surface area contributed by atoms with Gasteiger partial charge in [0.1, 0.15) is 6.54 Å². The van der Waals surface area contributed by atoms with Gasteiger partial charge in [-0.05, 0) is 31.5 Å². The van der Waals surface area contributed by atoms with Crippen LogP contribution in [0, 0.1) is 0 Å². The molecule has 2 aromatic rings. The topological polar surface area (TPSA) is 34.0 Å². The zero-order valence-electron chi connectivity index (χ0n) is 10.6. The largest absolute Gasteiger partial charge is 0.352 e. The summed E-state index contributed by atoms with van der Waals surface area (Å²) in [6.07, 6.45) is 2.90. The van der Waals surface area contributed by atoms with Crippen LogP contribution in [-0.4, -0.2) is 16.5 Å². The highest BCUT2D eigenvalue weighted by atomic mass is 79.9. The van der Waals surface area contributed by atoms with Gasteiger partial charge < -0.3 is 9.88 Å². The maximum atomic E-state index is 11.9. The Kier molecular flexibility index (Phi) is 4.07. The molecule has 1 aromatic carbocycles. The van der Waals surface area contributed by atoms with E-state index in [0.29, 0.717) is 6.54 Å². The zero-order chi connectivity index (χ0) is 13.1. The molecule has 0 aliphatic heterocycles. The average molecular weight is 309 g/mol. The molecule has 0 spiro atoms. The Balaban J connectivity index is 2.17. The van der Waals surface area contributed by atoms with Crippen LogP contribution in [0.4, 0.5) is 0 Å². The van der Waals surface area contributed by atoms with Gasteiger partial charge in [0.05, 0.1) is 0 Å². The maximum Gasteiger partial charge on any atom is 0.240 e. The van der Waals surface area contributed by atoms with E-state index in [1.807, 2.05) is 42.0 Å². The Bertz CT molecular complexity index is 562. The summed E-state index contributed by atoms with van der Waals surface area (Å²) in [5.74, 6) is 0.0572. The summed E-state index contributed by atoms with van der Waals surface area (Å²) in [6.45, 7) is 4.44. The molecule has 1 atom stereocenters. The molecular weight excluding hydrogens is 292 g/mol. The van der Waals surface area contributed by atoms with E-state index in [9.17, 15) is 4.79 Å². The van der Waals surface area contributed by atoms with Crippen LogP contribution in [0.1, 0.15) is 20.3 Å². The number of hydrogen-bond donors (Lipinski definition) is 1. The van der Waals surface area contributed by atoms with Gasteiger partial charge in [0.2, 0.25) is 5.91 Å². The summed E-state index contributed by atoms with van der Waals surface area (Å²) in [7, 11) is 0. The second kappa shape index (κ2) is 5.57. The fourth-order valence-electron chi connectivity index (χ4n) is 1.90. The number of carbonyl (C=O) groups excluding carboxylic acids is 1. The molecule has 18 heavy (non-hydrogen) atoms. The molecule has 0 saturated heterocycles. The van der Waals surface area contributed by atoms with Gasteiger partial charge >= 0.3 is 0 Å². The first-order valence-corrected chi connectivity index (χ1v) is 6.94. The Hall–Kier alpha value is -1.29. The number of nitrogens with zero attached hydrogens (tertiary/aromatic N) is 1. The molecule has 96 valence electrons. The van der Waals surface area contributed by atoms with Crippen molar-refractivity contribution in [1.29, 1.82) is 0 Å². The summed E-state index contributed by atoms with van der Waals surface area (Å²) in [5, 5.41) is 4.11. The number of hydrogen-bond acceptors (Lipinski definition) is 1. The molecule has 4 heteroatoms. The number of amides is 1. The van der Waals surface area contributed by atoms with Crippen LogP contribution < -0.4 is 5.32 Å². The van der Waals surface area contributed by atoms with Gasteiger partial charge in [0.15, 0.2) is 0 Å². The van der Waals surface area contributed by atoms with Crippen molar-refractivity contribution in [2.75, 3.05) is 0 Å². The molecule has 0 fully saturated rings. The van der Waals surface area contributed by atoms with Gasteiger partial charge in [0, 0.05) is 27.6 Å². The minimum Gasteiger partial charge on any atom is -0.352 e. The smallest absolute Gasteiger partial charge is 0.240 e. The molecule has 0 aliphatic rings. The highest BCUT2D eigenvalue weighted by molar-refractivity contribution is 9.10. The number of aromatic nitrogens is 1. The van der Waals surface area contributed by atoms with Crippen LogP contribution >= 0.6 is 15.9 Å². The fourth-order valence-corrected chi connectivity index (χ4v) is 2.39. The summed E-state index contributed by atoms with van der Waals surface area (Å²) in [4.78, 5) is 11.9. The number of benzene rings is 1. The second-order valence-electron chi connectivity index (χ2n) is 4.49. The van der Waals surface area contributed by atoms with Gasteiger partial charge in [-0.2, -0.15) is 0 Å². The van der Waals surface area contributed by atoms with Crippen molar-refractivity contribution in [2.45, 2.75) is 32.9 Å². The minimum absolute atomic E-state index is 0.0572. The van der Waals surface area contributed by atoms with E-state index in [-0.39, 0.29) is 11.9 Å². The van der Waals surface area contributed by atoms with Crippen LogP contribution in [0.15, 0.2) is 34.9 Å². The van der Waals surface area contributed by atoms with Gasteiger partial charge in [0.25, 0.3) is 0 Å². The SMILES string of the molecule is CCC(C)NC(=O)Cn1ccc2c(Br)cccc21. The Morgan fingerprint density at radius 3 is 2.94 bits per heavy atom. The number of rotatable bonds is 4. The molecule has 0 bridgehead atoms. The number of nitrogens with one attached hydrogen (secondary N) is 1. The normalized spacial score (nSPS) is 12.6. The van der Waals surface area contributed by atoms with Crippen molar-refractivity contribution in [3.05, 3.63) is 34.9 Å². The van der Waals surface area contributed by atoms with E-state index in [0.717, 1.165) is 21.8 Å². The lowest BCUT2D eigenvalue weighted by Gasteiger charge is -2.12. The Morgan fingerprint density at radius 2 is 2.22 bits per heavy atom. The molecule has 0 saturated carbocycles. The second-order valence-corrected chi connectivity index (χ2v) is 5.35. The first-order valence-electron chi connectivity index (χ1n) is 6.14. The van der Waals surface area contributed by atoms with E-state index in [2.05, 4.69) is 28.2 Å². The molecule has 1 heterocycles. The monoisotopic (exact) mass is 308 g/mol. The third-order valence-electron chi connectivity index (χ3n) is 3.09. The summed E-state index contributed by atoms with van der Waals surface area (Å²) in [6, 6.07) is 8.26. The molecule has 1 amide bonds. The Morgan fingerprint density at radius 1 is 1.44 bits per heavy atom. The van der Waals surface area contributed by atoms with Gasteiger partial charge in [-0.25, -0.2) is 0 Å². The lowest BCUT2D eigenvalue weighted by molar-refractivity contribution is -0.122. The molecule has 1 unspecified atom stereocenters. The van der Waals surface area contributed by atoms with Crippen molar-refractivity contribution in [3.63, 3.8) is 0 Å². The zero-order valence-corrected chi connectivity index (χ0v) is 12.2. The lowest BCUT2D eigenvalue weighted by atomic mass is 10.2. The third-order valence-corrected chi connectivity index (χ3v) is 3.79. The van der Waals surface area contributed by atoms with Gasteiger partial charge in [-0.3, -0.25) is 4.79 Å². The number of carbonyl (C=O) groups is 1. The molecule has 2 rings (SSSR count). The van der Waals surface area contributed by atoms with E-state index >= 15 is 0 Å². The third kappa shape index (κ3) is 2.75. The first kappa shape index (κ1) is 13.1. The van der Waals surface area contributed by atoms with Crippen molar-refractivity contribution >= 4 is 32.7 Å². The predicted octanol–water partition coefficient (Wildman–Crippen LogP) is 3.32. The van der Waals surface area contributed by atoms with E-state index in [1.54, 1.807) is 0 Å². The van der Waals surface area contributed by atoms with Crippen LogP contribution in [0.25, 0.3) is 10.9 Å². The van der Waals surface area contributed by atoms with Crippen LogP contribution in [0.2, 0.25) is 0 Å². The van der Waals surface area contributed by atoms with Crippen LogP contribution in [0.3, 0.4) is 0 Å². The molecule has 1 aromatic heterocycles. The standard InChI is InChI=1S/C14H17BrN2O/c1-3-10(2)16-14(18)9-17-8-7-11-12(15)5-4-6-13(11)17/h4-8,10H,3,9H2,1-2H3,(H,16,18). The first-order chi connectivity index (χ1) is 8.61. The summed E-state index contributed by atoms with van der Waals surface area (Å²) >= 11 is 3.51. The average Bonchev–Trinajstić information content (AvgIpc) is 2.74. The van der Waals surface area contributed by atoms with Crippen molar-refractivity contribution < 1.29 is 4.79 Å². The molecule has 0 aliphatic carbocycles. The lowest BCUT2D eigenvalue weighted by Crippen LogP contribution is -2.34. The minimum atomic E-state index is 0.0572. The number of fused-ring (bicyclic) bond motifs is 1. The van der Waals surface area contributed by atoms with Crippen LogP contribution in [-0.2, 0) is 11.3 Å². The van der Waals surface area contributed by atoms with Crippen molar-refractivity contribution in [2.24, 2.45) is 0 Å². The molecule has 0 radical (unpaired) electrons.